The van der Waals surface area contributed by atoms with Gasteiger partial charge in [0.2, 0.25) is 0 Å². The van der Waals surface area contributed by atoms with Gasteiger partial charge in [-0.25, -0.2) is 0 Å². The van der Waals surface area contributed by atoms with Crippen LogP contribution in [0.4, 0.5) is 0 Å². The molecule has 6 aromatic carbocycles. The van der Waals surface area contributed by atoms with E-state index in [0.29, 0.717) is 0 Å². The number of hydrogen-bond acceptors (Lipinski definition) is 11. The van der Waals surface area contributed by atoms with Gasteiger partial charge in [-0.3, -0.25) is 0 Å². The largest absolute Gasteiger partial charge is 0.497 e. The average Bonchev–Trinajstić information content (AvgIpc) is 3.15. The Labute approximate surface area is 347 Å². The summed E-state index contributed by atoms with van der Waals surface area (Å²) in [6, 6.07) is 52.7. The molecule has 0 bridgehead atoms. The molecule has 6 aromatic rings. The van der Waals surface area contributed by atoms with Crippen molar-refractivity contribution in [3.05, 3.63) is 163 Å². The Morgan fingerprint density at radius 2 is 0.623 bits per heavy atom. The molecule has 0 unspecified atom stereocenters. The summed E-state index contributed by atoms with van der Waals surface area (Å²) in [6.07, 6.45) is 0. The summed E-state index contributed by atoms with van der Waals surface area (Å²) in [6.45, 7) is 2.10. The van der Waals surface area contributed by atoms with Crippen molar-refractivity contribution in [2.75, 3.05) is 7.11 Å². The first kappa shape index (κ1) is 39.9. The van der Waals surface area contributed by atoms with E-state index in [2.05, 4.69) is 67.6 Å². The van der Waals surface area contributed by atoms with Crippen LogP contribution in [0.25, 0.3) is 0 Å². The Morgan fingerprint density at radius 3 is 0.925 bits per heavy atom. The number of rotatable bonds is 9. The number of hydrogen-bond donors (Lipinski definition) is 0. The molecule has 0 aliphatic carbocycles. The standard InChI is InChI=1S/C24H18O2P2S4.C14H14OP2S4/c29-27(23-15-11-21(12-16-23)25-19-7-3-1-4-8-19)31-28(30,32-27)24-17-13-22(14-18-24)26-20-9-5-2-6-10-20;1-11-3-7-13(8-4-11)16(18)20-17(19,21-16)14-9-5-12(15-2)6-10-14/h1-18H;3-10H,1-2H3. The predicted octanol–water partition coefficient (Wildman–Crippen LogP) is 13.4. The summed E-state index contributed by atoms with van der Waals surface area (Å²) >= 11 is 31.4. The van der Waals surface area contributed by atoms with Gasteiger partial charge in [0, 0.05) is 21.2 Å². The second-order valence-electron chi connectivity index (χ2n) is 11.7. The van der Waals surface area contributed by atoms with Crippen LogP contribution in [-0.4, -0.2) is 7.11 Å². The maximum Gasteiger partial charge on any atom is 0.127 e. The van der Waals surface area contributed by atoms with E-state index < -0.39 is 17.8 Å². The maximum absolute atomic E-state index is 6.07. The summed E-state index contributed by atoms with van der Waals surface area (Å²) in [5, 5.41) is 4.90. The van der Waals surface area contributed by atoms with Gasteiger partial charge in [0.15, 0.2) is 0 Å². The minimum atomic E-state index is -1.78. The molecule has 0 atom stereocenters. The van der Waals surface area contributed by atoms with E-state index >= 15 is 0 Å². The number of aryl methyl sites for hydroxylation is 1. The van der Waals surface area contributed by atoms with Crippen LogP contribution >= 0.6 is 61.8 Å². The van der Waals surface area contributed by atoms with Crippen LogP contribution in [0.15, 0.2) is 158 Å². The molecule has 15 heteroatoms. The van der Waals surface area contributed by atoms with Crippen molar-refractivity contribution in [3.63, 3.8) is 0 Å². The normalized spacial score (nSPS) is 24.3. The minimum Gasteiger partial charge on any atom is -0.497 e. The van der Waals surface area contributed by atoms with E-state index in [1.54, 1.807) is 7.11 Å². The van der Waals surface area contributed by atoms with Crippen molar-refractivity contribution in [1.82, 2.24) is 0 Å². The fourth-order valence-electron chi connectivity index (χ4n) is 5.09. The van der Waals surface area contributed by atoms with E-state index in [0.717, 1.165) is 28.7 Å². The van der Waals surface area contributed by atoms with Gasteiger partial charge in [0.25, 0.3) is 0 Å². The molecule has 0 amide bonds. The van der Waals surface area contributed by atoms with Crippen molar-refractivity contribution in [3.8, 4) is 28.7 Å². The molecule has 53 heavy (non-hydrogen) atoms. The van der Waals surface area contributed by atoms with E-state index in [1.807, 2.05) is 141 Å². The Balaban J connectivity index is 0.000000179. The lowest BCUT2D eigenvalue weighted by molar-refractivity contribution is 0.415. The first-order valence-corrected chi connectivity index (χ1v) is 35.4. The fourth-order valence-corrected chi connectivity index (χ4v) is 89.6. The summed E-state index contributed by atoms with van der Waals surface area (Å²) in [5.74, 6) is 4.14. The number of methoxy groups -OCH3 is 1. The zero-order chi connectivity index (χ0) is 37.1. The highest BCUT2D eigenvalue weighted by Gasteiger charge is 2.46. The van der Waals surface area contributed by atoms with Crippen LogP contribution in [-0.2, 0) is 47.2 Å². The van der Waals surface area contributed by atoms with Gasteiger partial charge in [-0.2, -0.15) is 0 Å². The molecule has 8 rings (SSSR count). The highest BCUT2D eigenvalue weighted by atomic mass is 33.7. The molecule has 3 nitrogen and oxygen atoms in total. The molecule has 0 saturated carbocycles. The smallest absolute Gasteiger partial charge is 0.127 e. The van der Waals surface area contributed by atoms with Crippen LogP contribution in [0.2, 0.25) is 0 Å². The third-order valence-electron chi connectivity index (χ3n) is 7.86. The maximum atomic E-state index is 6.07. The van der Waals surface area contributed by atoms with Crippen molar-refractivity contribution in [2.45, 2.75) is 6.92 Å². The first-order chi connectivity index (χ1) is 25.5. The van der Waals surface area contributed by atoms with Gasteiger partial charge in [0.1, 0.15) is 28.7 Å². The Morgan fingerprint density at radius 1 is 0.358 bits per heavy atom. The SMILES string of the molecule is COc1ccc(P2(=S)SP(=S)(c3ccc(C)cc3)S2)cc1.S=P1(c2ccc(Oc3ccccc3)cc2)SP(=S)(c2ccc(Oc3ccccc3)cc2)S1. The van der Waals surface area contributed by atoms with E-state index in [1.165, 1.54) is 26.8 Å². The summed E-state index contributed by atoms with van der Waals surface area (Å²) < 4.78 is 10.2. The minimum absolute atomic E-state index is 0.811. The summed E-state index contributed by atoms with van der Waals surface area (Å²) in [7, 11) is 1.68. The van der Waals surface area contributed by atoms with Crippen LogP contribution in [0.5, 0.6) is 28.7 Å². The molecular formula is C38H32O3P4S8. The number of ether oxygens (including phenoxy) is 3. The van der Waals surface area contributed by atoms with Gasteiger partial charge in [-0.15, -0.1) is 0 Å². The highest BCUT2D eigenvalue weighted by molar-refractivity contribution is 9.48. The molecule has 2 heterocycles. The topological polar surface area (TPSA) is 27.7 Å². The van der Waals surface area contributed by atoms with Crippen molar-refractivity contribution >= 4 is 130 Å². The van der Waals surface area contributed by atoms with Gasteiger partial charge < -0.3 is 14.2 Å². The van der Waals surface area contributed by atoms with Gasteiger partial charge in [-0.05, 0) is 104 Å². The third kappa shape index (κ3) is 9.48. The number of para-hydroxylation sites is 2. The Kier molecular flexibility index (Phi) is 12.9. The van der Waals surface area contributed by atoms with Gasteiger partial charge in [-0.1, -0.05) is 157 Å². The summed E-state index contributed by atoms with van der Waals surface area (Å²) in [4.78, 5) is 0. The Bertz CT molecular complexity index is 2270. The van der Waals surface area contributed by atoms with Crippen molar-refractivity contribution in [2.24, 2.45) is 0 Å². The van der Waals surface area contributed by atoms with Gasteiger partial charge >= 0.3 is 0 Å². The molecule has 0 aromatic heterocycles. The number of benzene rings is 6. The van der Waals surface area contributed by atoms with Crippen LogP contribution in [0.3, 0.4) is 0 Å². The quantitative estimate of drug-likeness (QED) is 0.130. The van der Waals surface area contributed by atoms with Gasteiger partial charge in [0.05, 0.1) is 24.9 Å². The zero-order valence-electron chi connectivity index (χ0n) is 28.3. The molecular weight excluding hydrogens is 885 g/mol. The van der Waals surface area contributed by atoms with E-state index in [4.69, 9.17) is 61.4 Å². The molecule has 0 N–H and O–H groups in total. The average molecular weight is 917 g/mol. The van der Waals surface area contributed by atoms with Crippen LogP contribution in [0.1, 0.15) is 5.56 Å². The van der Waals surface area contributed by atoms with Crippen LogP contribution < -0.4 is 35.4 Å². The molecule has 2 saturated heterocycles. The lowest BCUT2D eigenvalue weighted by Crippen LogP contribution is -2.09. The molecule has 270 valence electrons. The lowest BCUT2D eigenvalue weighted by atomic mass is 10.2. The predicted molar refractivity (Wildman–Crippen MR) is 256 cm³/mol. The van der Waals surface area contributed by atoms with Crippen molar-refractivity contribution in [1.29, 1.82) is 0 Å². The molecule has 2 aliphatic heterocycles. The monoisotopic (exact) mass is 916 g/mol. The molecule has 2 aliphatic rings. The lowest BCUT2D eigenvalue weighted by Gasteiger charge is -2.40. The van der Waals surface area contributed by atoms with E-state index in [9.17, 15) is 0 Å². The Hall–Kier alpha value is -1.28. The second-order valence-corrected chi connectivity index (χ2v) is 54.2. The second kappa shape index (κ2) is 17.1. The van der Waals surface area contributed by atoms with Crippen molar-refractivity contribution < 1.29 is 14.2 Å². The molecule has 2 fully saturated rings. The van der Waals surface area contributed by atoms with Crippen LogP contribution in [0, 0.1) is 6.92 Å². The third-order valence-corrected chi connectivity index (χ3v) is 70.3. The molecule has 0 radical (unpaired) electrons. The highest BCUT2D eigenvalue weighted by Crippen LogP contribution is 3.04. The molecule has 0 spiro atoms. The van der Waals surface area contributed by atoms with E-state index in [-0.39, 0.29) is 0 Å². The zero-order valence-corrected chi connectivity index (χ0v) is 38.4. The fraction of sp³-hybridized carbons (Fsp3) is 0.0526. The first-order valence-electron chi connectivity index (χ1n) is 16.1. The summed E-state index contributed by atoms with van der Waals surface area (Å²) in [5.41, 5.74) is 1.27.